The average molecular weight is 345 g/mol. The summed E-state index contributed by atoms with van der Waals surface area (Å²) >= 11 is 0. The van der Waals surface area contributed by atoms with Crippen molar-refractivity contribution < 1.29 is 17.9 Å². The van der Waals surface area contributed by atoms with Crippen molar-refractivity contribution in [2.24, 2.45) is 0 Å². The predicted octanol–water partition coefficient (Wildman–Crippen LogP) is 2.18. The molecule has 126 valence electrons. The van der Waals surface area contributed by atoms with E-state index in [2.05, 4.69) is 5.32 Å². The number of benzene rings is 2. The number of amides is 1. The van der Waals surface area contributed by atoms with Crippen molar-refractivity contribution in [2.45, 2.75) is 19.1 Å². The van der Waals surface area contributed by atoms with Crippen molar-refractivity contribution >= 4 is 15.7 Å². The van der Waals surface area contributed by atoms with Crippen LogP contribution in [-0.4, -0.2) is 31.9 Å². The van der Waals surface area contributed by atoms with Crippen molar-refractivity contribution in [3.63, 3.8) is 0 Å². The maximum absolute atomic E-state index is 12.2. The molecule has 2 aromatic rings. The molecule has 0 aliphatic carbocycles. The van der Waals surface area contributed by atoms with Gasteiger partial charge in [-0.2, -0.15) is 0 Å². The highest BCUT2D eigenvalue weighted by atomic mass is 32.2. The average Bonchev–Trinajstić information content (AvgIpc) is 2.93. The Kier molecular flexibility index (Phi) is 4.85. The first-order valence-corrected chi connectivity index (χ1v) is 9.62. The summed E-state index contributed by atoms with van der Waals surface area (Å²) < 4.78 is 28.5. The first-order chi connectivity index (χ1) is 11.5. The molecule has 5 nitrogen and oxygen atoms in total. The summed E-state index contributed by atoms with van der Waals surface area (Å²) in [7, 11) is -3.00. The fourth-order valence-electron chi connectivity index (χ4n) is 2.62. The third kappa shape index (κ3) is 4.35. The Bertz CT molecular complexity index is 801. The predicted molar refractivity (Wildman–Crippen MR) is 91.7 cm³/mol. The Hall–Kier alpha value is -2.34. The van der Waals surface area contributed by atoms with Gasteiger partial charge in [0.25, 0.3) is 5.91 Å². The van der Waals surface area contributed by atoms with E-state index >= 15 is 0 Å². The van der Waals surface area contributed by atoms with Crippen LogP contribution in [0.3, 0.4) is 0 Å². The number of hydrogen-bond acceptors (Lipinski definition) is 4. The van der Waals surface area contributed by atoms with Crippen molar-refractivity contribution in [3.8, 4) is 5.75 Å². The van der Waals surface area contributed by atoms with Crippen LogP contribution in [0.2, 0.25) is 0 Å². The summed E-state index contributed by atoms with van der Waals surface area (Å²) in [5.41, 5.74) is 1.56. The standard InChI is InChI=1S/C18H19NO4S/c20-18(19-16-10-11-24(21,22)13-16)15-6-8-17(9-7-15)23-12-14-4-2-1-3-5-14/h1-9,16H,10-13H2,(H,19,20). The quantitative estimate of drug-likeness (QED) is 0.901. The van der Waals surface area contributed by atoms with Gasteiger partial charge in [-0.1, -0.05) is 30.3 Å². The van der Waals surface area contributed by atoms with Gasteiger partial charge in [0, 0.05) is 11.6 Å². The summed E-state index contributed by atoms with van der Waals surface area (Å²) in [6.45, 7) is 0.465. The topological polar surface area (TPSA) is 72.5 Å². The van der Waals surface area contributed by atoms with Gasteiger partial charge in [0.05, 0.1) is 11.5 Å². The fourth-order valence-corrected chi connectivity index (χ4v) is 4.29. The molecule has 0 radical (unpaired) electrons. The van der Waals surface area contributed by atoms with E-state index in [1.165, 1.54) is 0 Å². The van der Waals surface area contributed by atoms with Crippen LogP contribution in [0.15, 0.2) is 54.6 Å². The van der Waals surface area contributed by atoms with Crippen LogP contribution >= 0.6 is 0 Å². The second-order valence-electron chi connectivity index (χ2n) is 5.87. The second-order valence-corrected chi connectivity index (χ2v) is 8.10. The highest BCUT2D eigenvalue weighted by molar-refractivity contribution is 7.91. The van der Waals surface area contributed by atoms with Crippen molar-refractivity contribution in [2.75, 3.05) is 11.5 Å². The summed E-state index contributed by atoms with van der Waals surface area (Å²) in [6.07, 6.45) is 0.479. The summed E-state index contributed by atoms with van der Waals surface area (Å²) in [6, 6.07) is 16.4. The monoisotopic (exact) mass is 345 g/mol. The fraction of sp³-hybridized carbons (Fsp3) is 0.278. The summed E-state index contributed by atoms with van der Waals surface area (Å²) in [5.74, 6) is 0.590. The molecular formula is C18H19NO4S. The molecular weight excluding hydrogens is 326 g/mol. The normalized spacial score (nSPS) is 18.9. The van der Waals surface area contributed by atoms with Crippen molar-refractivity contribution in [3.05, 3.63) is 65.7 Å². The van der Waals surface area contributed by atoms with E-state index in [9.17, 15) is 13.2 Å². The Labute approximate surface area is 141 Å². The number of sulfone groups is 1. The zero-order valence-electron chi connectivity index (χ0n) is 13.1. The summed E-state index contributed by atoms with van der Waals surface area (Å²) in [5, 5.41) is 2.77. The van der Waals surface area contributed by atoms with E-state index in [4.69, 9.17) is 4.74 Å². The van der Waals surface area contributed by atoms with Gasteiger partial charge in [0.15, 0.2) is 9.84 Å². The van der Waals surface area contributed by atoms with Crippen LogP contribution in [0.5, 0.6) is 5.75 Å². The lowest BCUT2D eigenvalue weighted by Gasteiger charge is -2.11. The number of rotatable bonds is 5. The zero-order valence-corrected chi connectivity index (χ0v) is 14.0. The number of ether oxygens (including phenoxy) is 1. The first-order valence-electron chi connectivity index (χ1n) is 7.80. The van der Waals surface area contributed by atoms with Crippen molar-refractivity contribution in [1.29, 1.82) is 0 Å². The van der Waals surface area contributed by atoms with E-state index in [1.807, 2.05) is 30.3 Å². The smallest absolute Gasteiger partial charge is 0.251 e. The molecule has 1 saturated heterocycles. The lowest BCUT2D eigenvalue weighted by molar-refractivity contribution is 0.0941. The minimum atomic E-state index is -3.00. The van der Waals surface area contributed by atoms with E-state index < -0.39 is 9.84 Å². The first kappa shape index (κ1) is 16.5. The number of nitrogens with one attached hydrogen (secondary N) is 1. The Morgan fingerprint density at radius 3 is 2.42 bits per heavy atom. The molecule has 1 amide bonds. The SMILES string of the molecule is O=C(NC1CCS(=O)(=O)C1)c1ccc(OCc2ccccc2)cc1. The zero-order chi connectivity index (χ0) is 17.0. The summed E-state index contributed by atoms with van der Waals surface area (Å²) in [4.78, 5) is 12.2. The number of hydrogen-bond donors (Lipinski definition) is 1. The molecule has 1 fully saturated rings. The van der Waals surface area contributed by atoms with Gasteiger partial charge in [-0.05, 0) is 36.2 Å². The van der Waals surface area contributed by atoms with E-state index in [0.717, 1.165) is 5.56 Å². The third-order valence-electron chi connectivity index (χ3n) is 3.93. The molecule has 0 spiro atoms. The maximum Gasteiger partial charge on any atom is 0.251 e. The van der Waals surface area contributed by atoms with Gasteiger partial charge in [0.2, 0.25) is 0 Å². The maximum atomic E-state index is 12.2. The molecule has 1 aliphatic rings. The Morgan fingerprint density at radius 1 is 1.08 bits per heavy atom. The van der Waals surface area contributed by atoms with Gasteiger partial charge >= 0.3 is 0 Å². The molecule has 1 unspecified atom stereocenters. The molecule has 1 atom stereocenters. The van der Waals surface area contributed by atoms with Crippen LogP contribution in [0, 0.1) is 0 Å². The minimum absolute atomic E-state index is 0.0248. The van der Waals surface area contributed by atoms with E-state index in [-0.39, 0.29) is 23.5 Å². The molecule has 6 heteroatoms. The second kappa shape index (κ2) is 7.05. The largest absolute Gasteiger partial charge is 0.489 e. The molecule has 0 aromatic heterocycles. The van der Waals surface area contributed by atoms with Gasteiger partial charge < -0.3 is 10.1 Å². The molecule has 0 saturated carbocycles. The highest BCUT2D eigenvalue weighted by Gasteiger charge is 2.29. The van der Waals surface area contributed by atoms with Gasteiger partial charge in [-0.25, -0.2) is 8.42 Å². The molecule has 24 heavy (non-hydrogen) atoms. The van der Waals surface area contributed by atoms with Crippen LogP contribution in [-0.2, 0) is 16.4 Å². The van der Waals surface area contributed by atoms with Gasteiger partial charge in [-0.15, -0.1) is 0 Å². The molecule has 1 N–H and O–H groups in total. The molecule has 1 aliphatic heterocycles. The lowest BCUT2D eigenvalue weighted by Crippen LogP contribution is -2.35. The van der Waals surface area contributed by atoms with Crippen molar-refractivity contribution in [1.82, 2.24) is 5.32 Å². The molecule has 0 bridgehead atoms. The van der Waals surface area contributed by atoms with Crippen LogP contribution in [0.4, 0.5) is 0 Å². The third-order valence-corrected chi connectivity index (χ3v) is 5.70. The van der Waals surface area contributed by atoms with E-state index in [0.29, 0.717) is 24.3 Å². The van der Waals surface area contributed by atoms with Gasteiger partial charge in [0.1, 0.15) is 12.4 Å². The van der Waals surface area contributed by atoms with Crippen LogP contribution in [0.1, 0.15) is 22.3 Å². The minimum Gasteiger partial charge on any atom is -0.489 e. The lowest BCUT2D eigenvalue weighted by atomic mass is 10.2. The van der Waals surface area contributed by atoms with Crippen LogP contribution < -0.4 is 10.1 Å². The van der Waals surface area contributed by atoms with Crippen LogP contribution in [0.25, 0.3) is 0 Å². The van der Waals surface area contributed by atoms with E-state index in [1.54, 1.807) is 24.3 Å². The Balaban J connectivity index is 1.55. The molecule has 3 rings (SSSR count). The highest BCUT2D eigenvalue weighted by Crippen LogP contribution is 2.16. The number of carbonyl (C=O) groups excluding carboxylic acids is 1. The molecule has 1 heterocycles. The van der Waals surface area contributed by atoms with Gasteiger partial charge in [-0.3, -0.25) is 4.79 Å². The Morgan fingerprint density at radius 2 is 1.79 bits per heavy atom. The number of carbonyl (C=O) groups is 1. The molecule has 2 aromatic carbocycles.